The molecule has 0 unspecified atom stereocenters. The molecule has 0 radical (unpaired) electrons. The second-order valence-electron chi connectivity index (χ2n) is 7.08. The summed E-state index contributed by atoms with van der Waals surface area (Å²) in [4.78, 5) is 3.51. The smallest absolute Gasteiger partial charge is 0.125 e. The van der Waals surface area contributed by atoms with Gasteiger partial charge in [0.1, 0.15) is 24.2 Å². The van der Waals surface area contributed by atoms with E-state index in [1.807, 2.05) is 36.4 Å². The molecule has 2 aliphatic heterocycles. The normalized spacial score (nSPS) is 25.8. The van der Waals surface area contributed by atoms with E-state index in [2.05, 4.69) is 24.3 Å². The molecule has 2 aromatic rings. The minimum absolute atomic E-state index is 0.636. The molecule has 0 fully saturated rings. The van der Waals surface area contributed by atoms with Crippen LogP contribution in [-0.4, -0.2) is 23.9 Å². The lowest BCUT2D eigenvalue weighted by Crippen LogP contribution is -2.28. The van der Waals surface area contributed by atoms with E-state index >= 15 is 0 Å². The fraction of sp³-hybridized carbons (Fsp3) is 0.273. The molecule has 2 aromatic carbocycles. The molecular weight excluding hydrogens is 348 g/mol. The van der Waals surface area contributed by atoms with Crippen molar-refractivity contribution in [3.63, 3.8) is 0 Å². The number of nitrogens with zero attached hydrogens (tertiary/aromatic N) is 6. The highest BCUT2D eigenvalue weighted by Gasteiger charge is 2.41. The summed E-state index contributed by atoms with van der Waals surface area (Å²) >= 11 is 0. The molecule has 0 bridgehead atoms. The minimum Gasteiger partial charge on any atom is -0.268 e. The Morgan fingerprint density at radius 3 is 1.04 bits per heavy atom. The van der Waals surface area contributed by atoms with Crippen molar-refractivity contribution in [1.82, 2.24) is 9.80 Å². The van der Waals surface area contributed by atoms with E-state index in [0.717, 1.165) is 33.4 Å². The topological polar surface area (TPSA) is 102 Å². The van der Waals surface area contributed by atoms with E-state index in [1.165, 1.54) is 0 Å². The summed E-state index contributed by atoms with van der Waals surface area (Å²) in [5.74, 6) is 0. The van der Waals surface area contributed by atoms with Crippen LogP contribution in [0.5, 0.6) is 0 Å². The zero-order valence-corrected chi connectivity index (χ0v) is 15.5. The zero-order valence-electron chi connectivity index (χ0n) is 15.5. The molecule has 2 heterocycles. The van der Waals surface area contributed by atoms with Crippen LogP contribution in [0, 0.1) is 45.3 Å². The second-order valence-corrected chi connectivity index (χ2v) is 7.08. The van der Waals surface area contributed by atoms with Crippen molar-refractivity contribution in [3.05, 3.63) is 58.7 Å². The highest BCUT2D eigenvalue weighted by molar-refractivity contribution is 5.82. The van der Waals surface area contributed by atoms with Gasteiger partial charge in [-0.3, -0.25) is 9.80 Å². The van der Waals surface area contributed by atoms with Crippen molar-refractivity contribution in [2.45, 2.75) is 24.2 Å². The predicted octanol–water partition coefficient (Wildman–Crippen LogP) is 3.50. The van der Waals surface area contributed by atoms with Crippen molar-refractivity contribution in [3.8, 4) is 35.4 Å². The number of hydrogen-bond acceptors (Lipinski definition) is 6. The van der Waals surface area contributed by atoms with Gasteiger partial charge in [-0.2, -0.15) is 21.0 Å². The van der Waals surface area contributed by atoms with Crippen LogP contribution in [0.4, 0.5) is 0 Å². The Labute approximate surface area is 163 Å². The quantitative estimate of drug-likeness (QED) is 0.709. The Morgan fingerprint density at radius 1 is 0.571 bits per heavy atom. The molecular formula is C22H16N6. The summed E-state index contributed by atoms with van der Waals surface area (Å²) in [6.07, 6.45) is 0. The first-order chi connectivity index (χ1) is 13.6. The van der Waals surface area contributed by atoms with E-state index in [-0.39, 0.29) is 0 Å². The van der Waals surface area contributed by atoms with Gasteiger partial charge < -0.3 is 0 Å². The van der Waals surface area contributed by atoms with Crippen molar-refractivity contribution >= 4 is 0 Å². The third-order valence-electron chi connectivity index (χ3n) is 5.80. The molecule has 28 heavy (non-hydrogen) atoms. The predicted molar refractivity (Wildman–Crippen MR) is 101 cm³/mol. The lowest BCUT2D eigenvalue weighted by Gasteiger charge is -2.28. The van der Waals surface area contributed by atoms with Gasteiger partial charge in [-0.05, 0) is 47.5 Å². The van der Waals surface area contributed by atoms with Crippen LogP contribution in [0.3, 0.4) is 0 Å². The third-order valence-corrected chi connectivity index (χ3v) is 5.80. The van der Waals surface area contributed by atoms with Crippen molar-refractivity contribution in [2.24, 2.45) is 0 Å². The van der Waals surface area contributed by atoms with Gasteiger partial charge in [0.25, 0.3) is 0 Å². The zero-order chi connectivity index (χ0) is 20.0. The summed E-state index contributed by atoms with van der Waals surface area (Å²) < 4.78 is 0. The first kappa shape index (κ1) is 17.7. The summed E-state index contributed by atoms with van der Waals surface area (Å²) in [7, 11) is 3.53. The summed E-state index contributed by atoms with van der Waals surface area (Å²) in [5, 5.41) is 39.7. The summed E-state index contributed by atoms with van der Waals surface area (Å²) in [6.45, 7) is 0. The summed E-state index contributed by atoms with van der Waals surface area (Å²) in [5.41, 5.74) is 4.67. The van der Waals surface area contributed by atoms with Crippen molar-refractivity contribution < 1.29 is 0 Å². The largest absolute Gasteiger partial charge is 0.268 e. The molecule has 6 heteroatoms. The Morgan fingerprint density at radius 2 is 0.821 bits per heavy atom. The maximum absolute atomic E-state index is 9.92. The molecule has 4 atom stereocenters. The maximum atomic E-state index is 9.92. The van der Waals surface area contributed by atoms with Gasteiger partial charge in [0.15, 0.2) is 0 Å². The SMILES string of the molecule is CN1[C@@H](C#N)c2cccc3c2-c2c(cccc2[C@H](C#N)N(C)[C@H]3C#N)[C@@H]1C#N. The van der Waals surface area contributed by atoms with Crippen LogP contribution in [0.2, 0.25) is 0 Å². The van der Waals surface area contributed by atoms with Gasteiger partial charge >= 0.3 is 0 Å². The molecule has 0 N–H and O–H groups in total. The Balaban J connectivity index is 2.24. The Hall–Kier alpha value is -3.68. The standard InChI is InChI=1S/C22H16N6/c1-27-17(9-23)13-5-3-7-15-19(11-25)28(2)20(12-26)16-8-4-6-14(18(27)10-24)22(16)21(13)15/h3-8,17-20H,1-2H3/t17-,18-,19-,20-/m0/s1. The van der Waals surface area contributed by atoms with Crippen molar-refractivity contribution in [1.29, 1.82) is 21.0 Å². The number of hydrogen-bond donors (Lipinski definition) is 0. The minimum atomic E-state index is -0.636. The van der Waals surface area contributed by atoms with E-state index < -0.39 is 24.2 Å². The monoisotopic (exact) mass is 364 g/mol. The van der Waals surface area contributed by atoms with Crippen molar-refractivity contribution in [2.75, 3.05) is 14.1 Å². The Kier molecular flexibility index (Phi) is 4.11. The lowest BCUT2D eigenvalue weighted by atomic mass is 9.85. The number of rotatable bonds is 0. The summed E-state index contributed by atoms with van der Waals surface area (Å²) in [6, 6.07) is 17.9. The number of benzene rings is 2. The van der Waals surface area contributed by atoms with Crippen LogP contribution >= 0.6 is 0 Å². The van der Waals surface area contributed by atoms with Gasteiger partial charge in [-0.1, -0.05) is 36.4 Å². The maximum Gasteiger partial charge on any atom is 0.125 e. The Bertz CT molecular complexity index is 968. The van der Waals surface area contributed by atoms with E-state index in [0.29, 0.717) is 0 Å². The average molecular weight is 364 g/mol. The molecule has 0 amide bonds. The number of nitriles is 4. The fourth-order valence-electron chi connectivity index (χ4n) is 4.48. The molecule has 0 spiro atoms. The molecule has 2 aliphatic rings. The van der Waals surface area contributed by atoms with Crippen LogP contribution in [0.1, 0.15) is 46.4 Å². The molecule has 6 nitrogen and oxygen atoms in total. The highest BCUT2D eigenvalue weighted by Crippen LogP contribution is 2.51. The molecule has 0 aliphatic carbocycles. The van der Waals surface area contributed by atoms with Gasteiger partial charge in [0, 0.05) is 0 Å². The molecule has 134 valence electrons. The van der Waals surface area contributed by atoms with Crippen LogP contribution in [0.25, 0.3) is 11.1 Å². The first-order valence-corrected chi connectivity index (χ1v) is 8.87. The third kappa shape index (κ3) is 2.17. The van der Waals surface area contributed by atoms with E-state index in [9.17, 15) is 21.0 Å². The molecule has 4 rings (SSSR count). The van der Waals surface area contributed by atoms with Gasteiger partial charge in [0.05, 0.1) is 24.3 Å². The fourth-order valence-corrected chi connectivity index (χ4v) is 4.48. The van der Waals surface area contributed by atoms with Crippen LogP contribution in [0.15, 0.2) is 36.4 Å². The van der Waals surface area contributed by atoms with Gasteiger partial charge in [0.2, 0.25) is 0 Å². The van der Waals surface area contributed by atoms with E-state index in [1.54, 1.807) is 23.9 Å². The van der Waals surface area contributed by atoms with Crippen LogP contribution in [-0.2, 0) is 0 Å². The first-order valence-electron chi connectivity index (χ1n) is 8.87. The molecule has 0 saturated carbocycles. The average Bonchev–Trinajstić information content (AvgIpc) is 2.88. The van der Waals surface area contributed by atoms with Gasteiger partial charge in [-0.15, -0.1) is 0 Å². The van der Waals surface area contributed by atoms with E-state index in [4.69, 9.17) is 0 Å². The van der Waals surface area contributed by atoms with Gasteiger partial charge in [-0.25, -0.2) is 0 Å². The second kappa shape index (κ2) is 6.49. The van der Waals surface area contributed by atoms with Crippen LogP contribution < -0.4 is 0 Å². The molecule has 0 saturated heterocycles. The molecule has 0 aromatic heterocycles. The lowest BCUT2D eigenvalue weighted by molar-refractivity contribution is 0.248. The highest BCUT2D eigenvalue weighted by atomic mass is 15.2.